The first-order valence-electron chi connectivity index (χ1n) is 6.60. The Morgan fingerprint density at radius 1 is 1.20 bits per heavy atom. The lowest BCUT2D eigenvalue weighted by Crippen LogP contribution is -2.57. The molecule has 1 aliphatic heterocycles. The number of pyridine rings is 1. The van der Waals surface area contributed by atoms with Crippen molar-refractivity contribution in [3.63, 3.8) is 0 Å². The van der Waals surface area contributed by atoms with Gasteiger partial charge in [0.1, 0.15) is 0 Å². The SMILES string of the molecule is CC1=CC=NC(c2ccncc2)(N(CCO)CCO)N1. The predicted octanol–water partition coefficient (Wildman–Crippen LogP) is 0.0563. The zero-order valence-corrected chi connectivity index (χ0v) is 11.5. The summed E-state index contributed by atoms with van der Waals surface area (Å²) >= 11 is 0. The first-order valence-corrected chi connectivity index (χ1v) is 6.60. The van der Waals surface area contributed by atoms with E-state index in [2.05, 4.69) is 15.3 Å². The van der Waals surface area contributed by atoms with Crippen molar-refractivity contribution in [3.05, 3.63) is 41.9 Å². The summed E-state index contributed by atoms with van der Waals surface area (Å²) in [6.07, 6.45) is 7.04. The zero-order chi connectivity index (χ0) is 14.4. The van der Waals surface area contributed by atoms with Crippen molar-refractivity contribution in [3.8, 4) is 0 Å². The molecule has 3 N–H and O–H groups in total. The summed E-state index contributed by atoms with van der Waals surface area (Å²) in [6.45, 7) is 2.75. The van der Waals surface area contributed by atoms with E-state index in [9.17, 15) is 10.2 Å². The summed E-state index contributed by atoms with van der Waals surface area (Å²) in [5.74, 6) is -0.812. The Kier molecular flexibility index (Phi) is 4.84. The second kappa shape index (κ2) is 6.60. The molecule has 1 aromatic heterocycles. The topological polar surface area (TPSA) is 81.0 Å². The molecule has 0 bridgehead atoms. The highest BCUT2D eigenvalue weighted by Gasteiger charge is 2.38. The van der Waals surface area contributed by atoms with Gasteiger partial charge in [0.2, 0.25) is 5.79 Å². The number of aliphatic hydroxyl groups excluding tert-OH is 2. The number of allylic oxidation sites excluding steroid dienone is 2. The van der Waals surface area contributed by atoms with E-state index in [1.165, 1.54) is 0 Å². The number of aliphatic hydroxyl groups is 2. The quantitative estimate of drug-likeness (QED) is 0.684. The fourth-order valence-electron chi connectivity index (χ4n) is 2.36. The largest absolute Gasteiger partial charge is 0.395 e. The maximum atomic E-state index is 9.29. The van der Waals surface area contributed by atoms with E-state index in [1.807, 2.05) is 30.0 Å². The normalized spacial score (nSPS) is 21.7. The van der Waals surface area contributed by atoms with E-state index in [4.69, 9.17) is 0 Å². The van der Waals surface area contributed by atoms with Gasteiger partial charge < -0.3 is 15.5 Å². The first kappa shape index (κ1) is 14.6. The van der Waals surface area contributed by atoms with E-state index >= 15 is 0 Å². The lowest BCUT2D eigenvalue weighted by Gasteiger charge is -2.43. The Morgan fingerprint density at radius 2 is 1.85 bits per heavy atom. The second-order valence-electron chi connectivity index (χ2n) is 4.60. The van der Waals surface area contributed by atoms with Crippen LogP contribution in [0.15, 0.2) is 41.3 Å². The highest BCUT2D eigenvalue weighted by molar-refractivity contribution is 5.73. The molecule has 1 aromatic rings. The van der Waals surface area contributed by atoms with Crippen LogP contribution in [0.4, 0.5) is 0 Å². The molecule has 0 aliphatic carbocycles. The fraction of sp³-hybridized carbons (Fsp3) is 0.429. The predicted molar refractivity (Wildman–Crippen MR) is 77.0 cm³/mol. The summed E-state index contributed by atoms with van der Waals surface area (Å²) in [5.41, 5.74) is 1.88. The number of aliphatic imine (C=N–C) groups is 1. The van der Waals surface area contributed by atoms with Crippen molar-refractivity contribution in [1.29, 1.82) is 0 Å². The summed E-state index contributed by atoms with van der Waals surface area (Å²) < 4.78 is 0. The zero-order valence-electron chi connectivity index (χ0n) is 11.5. The van der Waals surface area contributed by atoms with Crippen molar-refractivity contribution in [2.24, 2.45) is 4.99 Å². The third-order valence-electron chi connectivity index (χ3n) is 3.24. The molecular formula is C14H20N4O2. The number of nitrogens with zero attached hydrogens (tertiary/aromatic N) is 3. The summed E-state index contributed by atoms with van der Waals surface area (Å²) in [5, 5.41) is 21.9. The van der Waals surface area contributed by atoms with E-state index in [0.29, 0.717) is 13.1 Å². The molecule has 1 aliphatic rings. The minimum Gasteiger partial charge on any atom is -0.395 e. The van der Waals surface area contributed by atoms with Crippen LogP contribution in [0.2, 0.25) is 0 Å². The van der Waals surface area contributed by atoms with Gasteiger partial charge in [-0.05, 0) is 25.1 Å². The van der Waals surface area contributed by atoms with Gasteiger partial charge in [-0.2, -0.15) is 0 Å². The van der Waals surface area contributed by atoms with Crippen molar-refractivity contribution >= 4 is 6.21 Å². The molecule has 108 valence electrons. The van der Waals surface area contributed by atoms with Crippen LogP contribution in [0, 0.1) is 0 Å². The highest BCUT2D eigenvalue weighted by Crippen LogP contribution is 2.29. The Hall–Kier alpha value is -1.76. The molecule has 0 fully saturated rings. The van der Waals surface area contributed by atoms with Crippen LogP contribution in [0.1, 0.15) is 12.5 Å². The summed E-state index contributed by atoms with van der Waals surface area (Å²) in [7, 11) is 0. The maximum absolute atomic E-state index is 9.29. The summed E-state index contributed by atoms with van der Waals surface area (Å²) in [6, 6.07) is 3.76. The number of rotatable bonds is 6. The lowest BCUT2D eigenvalue weighted by atomic mass is 10.1. The number of nitrogens with one attached hydrogen (secondary N) is 1. The highest BCUT2D eigenvalue weighted by atomic mass is 16.3. The van der Waals surface area contributed by atoms with Crippen molar-refractivity contribution in [2.75, 3.05) is 26.3 Å². The van der Waals surface area contributed by atoms with Gasteiger partial charge in [-0.1, -0.05) is 0 Å². The average Bonchev–Trinajstić information content (AvgIpc) is 2.48. The van der Waals surface area contributed by atoms with Gasteiger partial charge in [0.25, 0.3) is 0 Å². The molecule has 2 rings (SSSR count). The van der Waals surface area contributed by atoms with Gasteiger partial charge in [-0.15, -0.1) is 0 Å². The van der Waals surface area contributed by atoms with Crippen molar-refractivity contribution in [2.45, 2.75) is 12.7 Å². The van der Waals surface area contributed by atoms with Gasteiger partial charge in [-0.25, -0.2) is 4.99 Å². The second-order valence-corrected chi connectivity index (χ2v) is 4.60. The molecule has 2 heterocycles. The molecule has 6 heteroatoms. The first-order chi connectivity index (χ1) is 9.73. The Balaban J connectivity index is 2.44. The third kappa shape index (κ3) is 2.87. The number of aromatic nitrogens is 1. The summed E-state index contributed by atoms with van der Waals surface area (Å²) in [4.78, 5) is 10.5. The molecule has 0 spiro atoms. The Labute approximate surface area is 118 Å². The van der Waals surface area contributed by atoms with Gasteiger partial charge in [-0.3, -0.25) is 9.88 Å². The molecule has 0 aromatic carbocycles. The van der Waals surface area contributed by atoms with Crippen LogP contribution in [-0.2, 0) is 5.79 Å². The molecule has 0 saturated heterocycles. The number of hydrogen-bond donors (Lipinski definition) is 3. The van der Waals surface area contributed by atoms with Crippen LogP contribution in [0.3, 0.4) is 0 Å². The molecule has 6 nitrogen and oxygen atoms in total. The molecule has 0 saturated carbocycles. The standard InChI is InChI=1S/C14H20N4O2/c1-12-2-7-16-14(17-12,13-3-5-15-6-4-13)18(8-10-19)9-11-20/h2-7,17,19-20H,8-11H2,1H3. The smallest absolute Gasteiger partial charge is 0.214 e. The van der Waals surface area contributed by atoms with Gasteiger partial charge >= 0.3 is 0 Å². The van der Waals surface area contributed by atoms with Crippen LogP contribution in [-0.4, -0.2) is 52.6 Å². The lowest BCUT2D eigenvalue weighted by molar-refractivity contribution is 0.0341. The van der Waals surface area contributed by atoms with E-state index < -0.39 is 5.79 Å². The minimum absolute atomic E-state index is 0.00715. The molecule has 0 amide bonds. The molecule has 1 unspecified atom stereocenters. The fourth-order valence-corrected chi connectivity index (χ4v) is 2.36. The minimum atomic E-state index is -0.812. The van der Waals surface area contributed by atoms with Crippen LogP contribution in [0.5, 0.6) is 0 Å². The molecular weight excluding hydrogens is 256 g/mol. The number of hydrogen-bond acceptors (Lipinski definition) is 6. The van der Waals surface area contributed by atoms with E-state index in [0.717, 1.165) is 11.3 Å². The van der Waals surface area contributed by atoms with Crippen LogP contribution >= 0.6 is 0 Å². The van der Waals surface area contributed by atoms with Crippen molar-refractivity contribution in [1.82, 2.24) is 15.2 Å². The molecule has 1 atom stereocenters. The maximum Gasteiger partial charge on any atom is 0.214 e. The Bertz CT molecular complexity index is 483. The van der Waals surface area contributed by atoms with E-state index in [1.54, 1.807) is 18.6 Å². The third-order valence-corrected chi connectivity index (χ3v) is 3.24. The van der Waals surface area contributed by atoms with E-state index in [-0.39, 0.29) is 13.2 Å². The average molecular weight is 276 g/mol. The molecule has 20 heavy (non-hydrogen) atoms. The van der Waals surface area contributed by atoms with Crippen LogP contribution in [0.25, 0.3) is 0 Å². The van der Waals surface area contributed by atoms with Crippen LogP contribution < -0.4 is 5.32 Å². The molecule has 0 radical (unpaired) electrons. The van der Waals surface area contributed by atoms with Crippen molar-refractivity contribution < 1.29 is 10.2 Å². The van der Waals surface area contributed by atoms with Gasteiger partial charge in [0, 0.05) is 43.0 Å². The van der Waals surface area contributed by atoms with Gasteiger partial charge in [0.15, 0.2) is 0 Å². The Morgan fingerprint density at radius 3 is 2.40 bits per heavy atom. The van der Waals surface area contributed by atoms with Gasteiger partial charge in [0.05, 0.1) is 13.2 Å². The monoisotopic (exact) mass is 276 g/mol.